The molecule has 0 amide bonds. The number of nitrogen functional groups attached to an aromatic ring is 1. The zero-order valence-electron chi connectivity index (χ0n) is 11.9. The molecule has 20 heavy (non-hydrogen) atoms. The maximum Gasteiger partial charge on any atom is 0.239 e. The van der Waals surface area contributed by atoms with Gasteiger partial charge < -0.3 is 15.8 Å². The van der Waals surface area contributed by atoms with Crippen LogP contribution in [-0.4, -0.2) is 17.3 Å². The maximum atomic E-state index is 5.87. The molecule has 0 aliphatic heterocycles. The summed E-state index contributed by atoms with van der Waals surface area (Å²) in [6.07, 6.45) is 2.09. The molecule has 106 valence electrons. The van der Waals surface area contributed by atoms with Gasteiger partial charge in [-0.2, -0.15) is 4.98 Å². The van der Waals surface area contributed by atoms with Gasteiger partial charge in [0.15, 0.2) is 0 Å². The predicted octanol–water partition coefficient (Wildman–Crippen LogP) is 3.92. The Labute approximate surface area is 123 Å². The van der Waals surface area contributed by atoms with Crippen molar-refractivity contribution in [2.75, 3.05) is 17.3 Å². The van der Waals surface area contributed by atoms with Crippen molar-refractivity contribution in [3.63, 3.8) is 0 Å². The number of nitrogens with one attached hydrogen (secondary N) is 1. The third-order valence-corrected chi connectivity index (χ3v) is 3.40. The second-order valence-electron chi connectivity index (χ2n) is 4.58. The topological polar surface area (TPSA) is 60.2 Å². The first-order valence-corrected chi connectivity index (χ1v) is 7.66. The third kappa shape index (κ3) is 3.57. The average molecular weight is 289 g/mol. The monoisotopic (exact) mass is 289 g/mol. The SMILES string of the molecule is CSc1ccccc1Nc1ccc(N)c(OC(C)C)n1. The van der Waals surface area contributed by atoms with Crippen LogP contribution in [0.5, 0.6) is 5.88 Å². The van der Waals surface area contributed by atoms with E-state index < -0.39 is 0 Å². The van der Waals surface area contributed by atoms with Crippen LogP contribution in [0.25, 0.3) is 0 Å². The Morgan fingerprint density at radius 2 is 1.95 bits per heavy atom. The minimum absolute atomic E-state index is 0.0403. The van der Waals surface area contributed by atoms with Crippen LogP contribution in [0.4, 0.5) is 17.2 Å². The van der Waals surface area contributed by atoms with Crippen LogP contribution in [0, 0.1) is 0 Å². The fraction of sp³-hybridized carbons (Fsp3) is 0.267. The molecule has 0 atom stereocenters. The van der Waals surface area contributed by atoms with E-state index in [4.69, 9.17) is 10.5 Å². The minimum Gasteiger partial charge on any atom is -0.473 e. The van der Waals surface area contributed by atoms with E-state index in [9.17, 15) is 0 Å². The number of hydrogen-bond acceptors (Lipinski definition) is 5. The number of thioether (sulfide) groups is 1. The molecule has 5 heteroatoms. The van der Waals surface area contributed by atoms with Crippen molar-refractivity contribution >= 4 is 29.0 Å². The first-order chi connectivity index (χ1) is 9.60. The first-order valence-electron chi connectivity index (χ1n) is 6.43. The van der Waals surface area contributed by atoms with E-state index in [1.165, 1.54) is 0 Å². The van der Waals surface area contributed by atoms with Crippen molar-refractivity contribution in [2.24, 2.45) is 0 Å². The molecule has 0 spiro atoms. The van der Waals surface area contributed by atoms with Crippen molar-refractivity contribution in [2.45, 2.75) is 24.8 Å². The van der Waals surface area contributed by atoms with Crippen LogP contribution < -0.4 is 15.8 Å². The highest BCUT2D eigenvalue weighted by molar-refractivity contribution is 7.98. The lowest BCUT2D eigenvalue weighted by Gasteiger charge is -2.14. The van der Waals surface area contributed by atoms with E-state index in [0.29, 0.717) is 11.6 Å². The zero-order valence-corrected chi connectivity index (χ0v) is 12.7. The summed E-state index contributed by atoms with van der Waals surface area (Å²) in [5.74, 6) is 1.18. The van der Waals surface area contributed by atoms with Crippen molar-refractivity contribution in [3.05, 3.63) is 36.4 Å². The normalized spacial score (nSPS) is 10.6. The standard InChI is InChI=1S/C15H19N3OS/c1-10(2)19-15-11(16)8-9-14(18-15)17-12-6-4-5-7-13(12)20-3/h4-10H,16H2,1-3H3,(H,17,18). The molecule has 0 saturated heterocycles. The molecule has 0 bridgehead atoms. The molecule has 2 rings (SSSR count). The van der Waals surface area contributed by atoms with Gasteiger partial charge in [-0.1, -0.05) is 12.1 Å². The number of rotatable bonds is 5. The van der Waals surface area contributed by atoms with Crippen LogP contribution in [0.2, 0.25) is 0 Å². The summed E-state index contributed by atoms with van der Waals surface area (Å²) in [4.78, 5) is 5.58. The summed E-state index contributed by atoms with van der Waals surface area (Å²) in [6, 6.07) is 11.7. The molecule has 0 aliphatic rings. The van der Waals surface area contributed by atoms with E-state index in [0.717, 1.165) is 16.4 Å². The summed E-state index contributed by atoms with van der Waals surface area (Å²) in [7, 11) is 0. The molecule has 2 aromatic rings. The van der Waals surface area contributed by atoms with Gasteiger partial charge in [0.2, 0.25) is 5.88 Å². The van der Waals surface area contributed by atoms with E-state index in [1.807, 2.05) is 44.4 Å². The average Bonchev–Trinajstić information content (AvgIpc) is 2.42. The summed E-state index contributed by atoms with van der Waals surface area (Å²) < 4.78 is 5.60. The molecule has 3 N–H and O–H groups in total. The van der Waals surface area contributed by atoms with Crippen LogP contribution >= 0.6 is 11.8 Å². The third-order valence-electron chi connectivity index (χ3n) is 2.61. The Morgan fingerprint density at radius 3 is 2.65 bits per heavy atom. The molecule has 1 aromatic carbocycles. The zero-order chi connectivity index (χ0) is 14.5. The number of hydrogen-bond donors (Lipinski definition) is 2. The molecular weight excluding hydrogens is 270 g/mol. The van der Waals surface area contributed by atoms with Crippen LogP contribution in [0.3, 0.4) is 0 Å². The molecule has 0 unspecified atom stereocenters. The van der Waals surface area contributed by atoms with Gasteiger partial charge >= 0.3 is 0 Å². The van der Waals surface area contributed by atoms with Crippen LogP contribution in [0.15, 0.2) is 41.3 Å². The van der Waals surface area contributed by atoms with Crippen molar-refractivity contribution < 1.29 is 4.74 Å². The lowest BCUT2D eigenvalue weighted by molar-refractivity contribution is 0.234. The summed E-state index contributed by atoms with van der Waals surface area (Å²) >= 11 is 1.69. The fourth-order valence-electron chi connectivity index (χ4n) is 1.72. The highest BCUT2D eigenvalue weighted by Crippen LogP contribution is 2.29. The molecule has 0 radical (unpaired) electrons. The van der Waals surface area contributed by atoms with Crippen molar-refractivity contribution in [1.29, 1.82) is 0 Å². The lowest BCUT2D eigenvalue weighted by Crippen LogP contribution is -2.09. The second-order valence-corrected chi connectivity index (χ2v) is 5.43. The Kier molecular flexibility index (Phi) is 4.74. The molecular formula is C15H19N3OS. The first kappa shape index (κ1) is 14.5. The van der Waals surface area contributed by atoms with Crippen LogP contribution in [0.1, 0.15) is 13.8 Å². The number of benzene rings is 1. The highest BCUT2D eigenvalue weighted by atomic mass is 32.2. The number of ether oxygens (including phenoxy) is 1. The fourth-order valence-corrected chi connectivity index (χ4v) is 2.28. The number of anilines is 3. The van der Waals surface area contributed by atoms with E-state index in [2.05, 4.69) is 16.4 Å². The Morgan fingerprint density at radius 1 is 1.20 bits per heavy atom. The molecule has 0 saturated carbocycles. The van der Waals surface area contributed by atoms with Gasteiger partial charge in [-0.05, 0) is 44.4 Å². The number of nitrogens with zero attached hydrogens (tertiary/aromatic N) is 1. The molecule has 0 aliphatic carbocycles. The van der Waals surface area contributed by atoms with E-state index in [1.54, 1.807) is 17.8 Å². The summed E-state index contributed by atoms with van der Waals surface area (Å²) in [5.41, 5.74) is 7.43. The van der Waals surface area contributed by atoms with Gasteiger partial charge in [0.25, 0.3) is 0 Å². The van der Waals surface area contributed by atoms with Gasteiger partial charge in [-0.15, -0.1) is 11.8 Å². The molecule has 4 nitrogen and oxygen atoms in total. The van der Waals surface area contributed by atoms with Crippen molar-refractivity contribution in [3.8, 4) is 5.88 Å². The van der Waals surface area contributed by atoms with Gasteiger partial charge in [0.05, 0.1) is 17.5 Å². The van der Waals surface area contributed by atoms with Gasteiger partial charge in [-0.3, -0.25) is 0 Å². The van der Waals surface area contributed by atoms with Gasteiger partial charge in [0, 0.05) is 4.90 Å². The van der Waals surface area contributed by atoms with Gasteiger partial charge in [0.1, 0.15) is 5.82 Å². The summed E-state index contributed by atoms with van der Waals surface area (Å²) in [5, 5.41) is 3.30. The molecule has 1 heterocycles. The maximum absolute atomic E-state index is 5.87. The molecule has 0 fully saturated rings. The molecule has 1 aromatic heterocycles. The Balaban J connectivity index is 2.25. The largest absolute Gasteiger partial charge is 0.473 e. The van der Waals surface area contributed by atoms with Crippen molar-refractivity contribution in [1.82, 2.24) is 4.98 Å². The Bertz CT molecular complexity index is 587. The number of aromatic nitrogens is 1. The number of nitrogens with two attached hydrogens (primary N) is 1. The minimum atomic E-state index is 0.0403. The van der Waals surface area contributed by atoms with E-state index in [-0.39, 0.29) is 6.10 Å². The lowest BCUT2D eigenvalue weighted by atomic mass is 10.3. The predicted molar refractivity (Wildman–Crippen MR) is 85.9 cm³/mol. The Hall–Kier alpha value is -1.88. The highest BCUT2D eigenvalue weighted by Gasteiger charge is 2.08. The quantitative estimate of drug-likeness (QED) is 0.817. The number of para-hydroxylation sites is 1. The van der Waals surface area contributed by atoms with E-state index >= 15 is 0 Å². The smallest absolute Gasteiger partial charge is 0.239 e. The van der Waals surface area contributed by atoms with Crippen LogP contribution in [-0.2, 0) is 0 Å². The van der Waals surface area contributed by atoms with Gasteiger partial charge in [-0.25, -0.2) is 0 Å². The summed E-state index contributed by atoms with van der Waals surface area (Å²) in [6.45, 7) is 3.90. The number of pyridine rings is 1. The second kappa shape index (κ2) is 6.52.